The zero-order valence-electron chi connectivity index (χ0n) is 16.2. The van der Waals surface area contributed by atoms with Gasteiger partial charge in [0.05, 0.1) is 16.0 Å². The van der Waals surface area contributed by atoms with Gasteiger partial charge in [0, 0.05) is 24.2 Å². The fraction of sp³-hybridized carbons (Fsp3) is 0.364. The topological polar surface area (TPSA) is 87.7 Å². The number of rotatable bonds is 6. The monoisotopic (exact) mass is 410 g/mol. The average molecular weight is 411 g/mol. The summed E-state index contributed by atoms with van der Waals surface area (Å²) in [5.74, 6) is 1.22. The van der Waals surface area contributed by atoms with Crippen molar-refractivity contribution < 1.29 is 9.59 Å². The zero-order valence-corrected chi connectivity index (χ0v) is 17.0. The second kappa shape index (κ2) is 8.33. The maximum absolute atomic E-state index is 13.1. The van der Waals surface area contributed by atoms with Gasteiger partial charge in [-0.1, -0.05) is 23.7 Å². The van der Waals surface area contributed by atoms with Gasteiger partial charge in [0.25, 0.3) is 0 Å². The van der Waals surface area contributed by atoms with Gasteiger partial charge in [0.1, 0.15) is 23.6 Å². The molecule has 1 saturated carbocycles. The van der Waals surface area contributed by atoms with Gasteiger partial charge < -0.3 is 15.1 Å². The second-order valence-electron chi connectivity index (χ2n) is 7.73. The van der Waals surface area contributed by atoms with Crippen molar-refractivity contribution in [3.63, 3.8) is 0 Å². The highest BCUT2D eigenvalue weighted by Gasteiger charge is 2.25. The summed E-state index contributed by atoms with van der Waals surface area (Å²) >= 11 is 6.23. The molecular formula is C22H23ClN4O2. The number of hydrogen-bond acceptors (Lipinski definition) is 5. The number of carbonyl (C=O) groups is 2. The molecule has 0 aliphatic heterocycles. The smallest absolute Gasteiger partial charge is 0.196 e. The van der Waals surface area contributed by atoms with Crippen LogP contribution in [0.25, 0.3) is 11.0 Å². The lowest BCUT2D eigenvalue weighted by molar-refractivity contribution is -0.118. The Morgan fingerprint density at radius 2 is 1.90 bits per heavy atom. The number of fused-ring (bicyclic) bond motifs is 1. The van der Waals surface area contributed by atoms with Crippen molar-refractivity contribution in [2.75, 3.05) is 5.32 Å². The van der Waals surface area contributed by atoms with E-state index in [2.05, 4.69) is 20.3 Å². The van der Waals surface area contributed by atoms with Crippen molar-refractivity contribution in [1.29, 1.82) is 0 Å². The Morgan fingerprint density at radius 3 is 2.62 bits per heavy atom. The van der Waals surface area contributed by atoms with Crippen LogP contribution in [0, 0.1) is 5.92 Å². The number of Topliss-reactive ketones (excluding diaryl/α,β-unsaturated/α-hetero) is 1. The summed E-state index contributed by atoms with van der Waals surface area (Å²) in [6.07, 6.45) is 7.81. The highest BCUT2D eigenvalue weighted by atomic mass is 35.5. The van der Waals surface area contributed by atoms with E-state index in [1.54, 1.807) is 37.4 Å². The molecule has 150 valence electrons. The van der Waals surface area contributed by atoms with Crippen LogP contribution in [0.1, 0.15) is 54.9 Å². The first-order chi connectivity index (χ1) is 14.0. The highest BCUT2D eigenvalue weighted by Crippen LogP contribution is 2.32. The molecule has 0 saturated heterocycles. The molecule has 0 unspecified atom stereocenters. The Kier molecular flexibility index (Phi) is 5.62. The zero-order chi connectivity index (χ0) is 20.4. The number of H-pyrrole nitrogens is 1. The molecule has 0 radical (unpaired) electrons. The maximum Gasteiger partial charge on any atom is 0.196 e. The molecule has 0 spiro atoms. The standard InChI is InChI=1S/C22H23ClN4O2/c1-13(28)10-14-6-8-15(9-7-14)27-22-19-17(11-24-21(19)25-12-26-22)20(29)16-4-2-3-5-18(16)23/h2-5,11-12,14-15H,6-10H2,1H3,(H2,24,25,26,27). The quantitative estimate of drug-likeness (QED) is 0.570. The first-order valence-corrected chi connectivity index (χ1v) is 10.3. The molecule has 0 atom stereocenters. The molecule has 0 amide bonds. The summed E-state index contributed by atoms with van der Waals surface area (Å²) in [4.78, 5) is 36.2. The second-order valence-corrected chi connectivity index (χ2v) is 8.13. The summed E-state index contributed by atoms with van der Waals surface area (Å²) in [5.41, 5.74) is 1.57. The van der Waals surface area contributed by atoms with Crippen molar-refractivity contribution in [3.05, 3.63) is 52.9 Å². The number of benzene rings is 1. The van der Waals surface area contributed by atoms with Crippen molar-refractivity contribution >= 4 is 40.0 Å². The minimum absolute atomic E-state index is 0.162. The number of nitrogens with zero attached hydrogens (tertiary/aromatic N) is 2. The Labute approximate surface area is 174 Å². The summed E-state index contributed by atoms with van der Waals surface area (Å²) in [6, 6.07) is 7.28. The van der Waals surface area contributed by atoms with Gasteiger partial charge in [-0.2, -0.15) is 0 Å². The minimum Gasteiger partial charge on any atom is -0.367 e. The lowest BCUT2D eigenvalue weighted by Crippen LogP contribution is -2.27. The molecule has 6 nitrogen and oxygen atoms in total. The normalized spacial score (nSPS) is 19.2. The summed E-state index contributed by atoms with van der Waals surface area (Å²) < 4.78 is 0. The summed E-state index contributed by atoms with van der Waals surface area (Å²) in [7, 11) is 0. The Morgan fingerprint density at radius 1 is 1.14 bits per heavy atom. The van der Waals surface area contributed by atoms with Crippen LogP contribution in [-0.4, -0.2) is 32.6 Å². The molecular weight excluding hydrogens is 388 g/mol. The largest absolute Gasteiger partial charge is 0.367 e. The molecule has 0 bridgehead atoms. The highest BCUT2D eigenvalue weighted by molar-refractivity contribution is 6.35. The molecule has 2 heterocycles. The Balaban J connectivity index is 1.58. The Hall–Kier alpha value is -2.73. The SMILES string of the molecule is CC(=O)CC1CCC(Nc2ncnc3[nH]cc(C(=O)c4ccccc4Cl)c23)CC1. The predicted molar refractivity (Wildman–Crippen MR) is 113 cm³/mol. The van der Waals surface area contributed by atoms with E-state index in [0.29, 0.717) is 45.3 Å². The third kappa shape index (κ3) is 4.17. The number of hydrogen-bond donors (Lipinski definition) is 2. The van der Waals surface area contributed by atoms with E-state index < -0.39 is 0 Å². The fourth-order valence-electron chi connectivity index (χ4n) is 4.15. The van der Waals surface area contributed by atoms with Crippen molar-refractivity contribution in [2.24, 2.45) is 5.92 Å². The van der Waals surface area contributed by atoms with Gasteiger partial charge >= 0.3 is 0 Å². The third-order valence-electron chi connectivity index (χ3n) is 5.60. The van der Waals surface area contributed by atoms with E-state index in [9.17, 15) is 9.59 Å². The van der Waals surface area contributed by atoms with Crippen molar-refractivity contribution in [3.8, 4) is 0 Å². The molecule has 29 heavy (non-hydrogen) atoms. The number of carbonyl (C=O) groups excluding carboxylic acids is 2. The van der Waals surface area contributed by atoms with Crippen LogP contribution < -0.4 is 5.32 Å². The molecule has 2 aromatic heterocycles. The summed E-state index contributed by atoms with van der Waals surface area (Å²) in [5, 5.41) is 4.61. The number of ketones is 2. The molecule has 7 heteroatoms. The van der Waals surface area contributed by atoms with Crippen LogP contribution in [0.2, 0.25) is 5.02 Å². The Bertz CT molecular complexity index is 1050. The molecule has 3 aromatic rings. The van der Waals surface area contributed by atoms with Crippen LogP contribution in [0.15, 0.2) is 36.8 Å². The molecule has 1 aliphatic carbocycles. The first kappa shape index (κ1) is 19.6. The summed E-state index contributed by atoms with van der Waals surface area (Å²) in [6.45, 7) is 1.66. The fourth-order valence-corrected chi connectivity index (χ4v) is 4.37. The van der Waals surface area contributed by atoms with Gasteiger partial charge in [0.15, 0.2) is 5.78 Å². The van der Waals surface area contributed by atoms with E-state index in [4.69, 9.17) is 11.6 Å². The number of nitrogens with one attached hydrogen (secondary N) is 2. The van der Waals surface area contributed by atoms with E-state index >= 15 is 0 Å². The van der Waals surface area contributed by atoms with E-state index in [0.717, 1.165) is 25.7 Å². The van der Waals surface area contributed by atoms with Gasteiger partial charge in [-0.15, -0.1) is 0 Å². The number of aromatic amines is 1. The average Bonchev–Trinajstić information content (AvgIpc) is 3.14. The molecule has 1 aromatic carbocycles. The van der Waals surface area contributed by atoms with Crippen molar-refractivity contribution in [1.82, 2.24) is 15.0 Å². The molecule has 2 N–H and O–H groups in total. The third-order valence-corrected chi connectivity index (χ3v) is 5.93. The van der Waals surface area contributed by atoms with E-state index in [1.165, 1.54) is 6.33 Å². The predicted octanol–water partition coefficient (Wildman–Crippen LogP) is 4.79. The van der Waals surface area contributed by atoms with E-state index in [1.807, 2.05) is 0 Å². The van der Waals surface area contributed by atoms with E-state index in [-0.39, 0.29) is 17.6 Å². The van der Waals surface area contributed by atoms with Crippen LogP contribution in [0.5, 0.6) is 0 Å². The lowest BCUT2D eigenvalue weighted by atomic mass is 9.83. The van der Waals surface area contributed by atoms with Crippen molar-refractivity contribution in [2.45, 2.75) is 45.1 Å². The minimum atomic E-state index is -0.162. The van der Waals surface area contributed by atoms with Crippen LogP contribution in [-0.2, 0) is 4.79 Å². The molecule has 1 aliphatic rings. The van der Waals surface area contributed by atoms with Gasteiger partial charge in [-0.05, 0) is 50.7 Å². The lowest BCUT2D eigenvalue weighted by Gasteiger charge is -2.29. The van der Waals surface area contributed by atoms with Crippen LogP contribution in [0.3, 0.4) is 0 Å². The maximum atomic E-state index is 13.1. The molecule has 4 rings (SSSR count). The van der Waals surface area contributed by atoms with Gasteiger partial charge in [-0.3, -0.25) is 4.79 Å². The molecule has 1 fully saturated rings. The van der Waals surface area contributed by atoms with Crippen LogP contribution >= 0.6 is 11.6 Å². The first-order valence-electron chi connectivity index (χ1n) is 9.90. The number of anilines is 1. The van der Waals surface area contributed by atoms with Gasteiger partial charge in [-0.25, -0.2) is 9.97 Å². The number of aromatic nitrogens is 3. The van der Waals surface area contributed by atoms with Gasteiger partial charge in [0.2, 0.25) is 0 Å². The number of halogens is 1. The van der Waals surface area contributed by atoms with Crippen LogP contribution in [0.4, 0.5) is 5.82 Å².